The van der Waals surface area contributed by atoms with Crippen LogP contribution in [0, 0.1) is 0 Å². The van der Waals surface area contributed by atoms with E-state index in [0.29, 0.717) is 22.5 Å². The lowest BCUT2D eigenvalue weighted by Gasteiger charge is -2.17. The number of H-pyrrole nitrogens is 1. The summed E-state index contributed by atoms with van der Waals surface area (Å²) >= 11 is 0. The highest BCUT2D eigenvalue weighted by molar-refractivity contribution is 6.35. The average Bonchev–Trinajstić information content (AvgIpc) is 3.46. The lowest BCUT2D eigenvalue weighted by Crippen LogP contribution is -2.29. The van der Waals surface area contributed by atoms with Crippen molar-refractivity contribution in [2.45, 2.75) is 38.5 Å². The van der Waals surface area contributed by atoms with Gasteiger partial charge in [-0.1, -0.05) is 0 Å². The summed E-state index contributed by atoms with van der Waals surface area (Å²) in [6.45, 7) is 1.58. The van der Waals surface area contributed by atoms with E-state index in [1.807, 2.05) is 4.90 Å². The van der Waals surface area contributed by atoms with E-state index in [2.05, 4.69) is 10.3 Å². The first-order chi connectivity index (χ1) is 14.5. The summed E-state index contributed by atoms with van der Waals surface area (Å²) in [5.74, 6) is -1.26. The molecule has 1 saturated heterocycles. The van der Waals surface area contributed by atoms with Gasteiger partial charge in [-0.25, -0.2) is 4.79 Å². The molecule has 3 N–H and O–H groups in total. The number of carboxylic acids is 1. The minimum absolute atomic E-state index is 0.0414. The summed E-state index contributed by atoms with van der Waals surface area (Å²) in [5.41, 5.74) is 5.34. The monoisotopic (exact) mass is 405 g/mol. The molecule has 0 saturated carbocycles. The number of fused-ring (bicyclic) bond motifs is 2. The van der Waals surface area contributed by atoms with Crippen molar-refractivity contribution in [3.8, 4) is 0 Å². The van der Waals surface area contributed by atoms with Crippen LogP contribution in [0.25, 0.3) is 11.6 Å². The molecule has 3 aliphatic rings. The van der Waals surface area contributed by atoms with Gasteiger partial charge < -0.3 is 20.3 Å². The predicted molar refractivity (Wildman–Crippen MR) is 112 cm³/mol. The average molecular weight is 405 g/mol. The van der Waals surface area contributed by atoms with Gasteiger partial charge in [0, 0.05) is 30.0 Å². The van der Waals surface area contributed by atoms with Crippen molar-refractivity contribution < 1.29 is 19.5 Å². The van der Waals surface area contributed by atoms with E-state index in [-0.39, 0.29) is 17.4 Å². The summed E-state index contributed by atoms with van der Waals surface area (Å²) in [5, 5.41) is 12.1. The first kappa shape index (κ1) is 18.7. The van der Waals surface area contributed by atoms with Crippen molar-refractivity contribution in [3.63, 3.8) is 0 Å². The highest BCUT2D eigenvalue weighted by Crippen LogP contribution is 2.36. The van der Waals surface area contributed by atoms with E-state index in [1.54, 1.807) is 12.1 Å². The van der Waals surface area contributed by atoms with Gasteiger partial charge in [-0.05, 0) is 73.9 Å². The second kappa shape index (κ2) is 7.16. The number of hydrogen-bond acceptors (Lipinski definition) is 3. The van der Waals surface area contributed by atoms with Gasteiger partial charge in [-0.3, -0.25) is 9.59 Å². The van der Waals surface area contributed by atoms with E-state index in [0.717, 1.165) is 68.4 Å². The molecule has 154 valence electrons. The molecule has 0 radical (unpaired) electrons. The minimum atomic E-state index is -1.03. The van der Waals surface area contributed by atoms with Crippen molar-refractivity contribution in [1.82, 2.24) is 9.88 Å². The number of rotatable bonds is 3. The van der Waals surface area contributed by atoms with Crippen LogP contribution in [0.5, 0.6) is 0 Å². The molecular formula is C23H23N3O4. The molecular weight excluding hydrogens is 382 g/mol. The van der Waals surface area contributed by atoms with Crippen molar-refractivity contribution in [3.05, 3.63) is 51.8 Å². The molecule has 1 fully saturated rings. The molecule has 0 unspecified atom stereocenters. The van der Waals surface area contributed by atoms with Crippen LogP contribution in [0.4, 0.5) is 5.69 Å². The maximum Gasteiger partial charge on any atom is 0.335 e. The number of carbonyl (C=O) groups excluding carboxylic acids is 2. The molecule has 7 nitrogen and oxygen atoms in total. The molecule has 2 aliphatic heterocycles. The molecule has 1 aromatic carbocycles. The number of hydrogen-bond donors (Lipinski definition) is 3. The lowest BCUT2D eigenvalue weighted by atomic mass is 9.91. The summed E-state index contributed by atoms with van der Waals surface area (Å²) in [6, 6.07) is 4.62. The van der Waals surface area contributed by atoms with Gasteiger partial charge in [0.15, 0.2) is 0 Å². The lowest BCUT2D eigenvalue weighted by molar-refractivity contribution is -0.110. The Kier molecular flexibility index (Phi) is 4.46. The number of aromatic amines is 1. The van der Waals surface area contributed by atoms with Crippen molar-refractivity contribution in [1.29, 1.82) is 0 Å². The van der Waals surface area contributed by atoms with Crippen LogP contribution in [0.2, 0.25) is 0 Å². The molecule has 2 amide bonds. The van der Waals surface area contributed by atoms with Gasteiger partial charge in [0.25, 0.3) is 11.8 Å². The quantitative estimate of drug-likeness (QED) is 0.682. The summed E-state index contributed by atoms with van der Waals surface area (Å²) in [6.07, 6.45) is 7.66. The summed E-state index contributed by atoms with van der Waals surface area (Å²) in [4.78, 5) is 42.3. The maximum atomic E-state index is 13.1. The van der Waals surface area contributed by atoms with Gasteiger partial charge in [0.2, 0.25) is 0 Å². The van der Waals surface area contributed by atoms with Gasteiger partial charge in [0.05, 0.1) is 11.1 Å². The number of benzene rings is 1. The molecule has 5 rings (SSSR count). The molecule has 0 bridgehead atoms. The van der Waals surface area contributed by atoms with Gasteiger partial charge in [0.1, 0.15) is 5.69 Å². The van der Waals surface area contributed by atoms with Gasteiger partial charge >= 0.3 is 5.97 Å². The number of carboxylic acid groups (broad SMARTS) is 1. The third-order valence-corrected chi connectivity index (χ3v) is 6.30. The van der Waals surface area contributed by atoms with Crippen molar-refractivity contribution in [2.75, 3.05) is 18.4 Å². The molecule has 30 heavy (non-hydrogen) atoms. The first-order valence-electron chi connectivity index (χ1n) is 10.5. The molecule has 2 aromatic rings. The first-order valence-corrected chi connectivity index (χ1v) is 10.5. The molecule has 1 aromatic heterocycles. The number of aromatic carboxylic acids is 1. The number of anilines is 1. The van der Waals surface area contributed by atoms with Crippen LogP contribution in [0.3, 0.4) is 0 Å². The zero-order valence-electron chi connectivity index (χ0n) is 16.6. The van der Waals surface area contributed by atoms with E-state index in [4.69, 9.17) is 0 Å². The van der Waals surface area contributed by atoms with Crippen LogP contribution in [-0.4, -0.2) is 45.9 Å². The van der Waals surface area contributed by atoms with Crippen LogP contribution < -0.4 is 5.32 Å². The van der Waals surface area contributed by atoms with Crippen LogP contribution in [-0.2, 0) is 17.6 Å². The number of likely N-dealkylation sites (tertiary alicyclic amines) is 1. The van der Waals surface area contributed by atoms with E-state index < -0.39 is 5.97 Å². The minimum Gasteiger partial charge on any atom is -0.478 e. The Bertz CT molecular complexity index is 1110. The third kappa shape index (κ3) is 3.01. The Balaban J connectivity index is 1.59. The van der Waals surface area contributed by atoms with Crippen molar-refractivity contribution >= 4 is 35.1 Å². The predicted octanol–water partition coefficient (Wildman–Crippen LogP) is 3.32. The Morgan fingerprint density at radius 2 is 1.77 bits per heavy atom. The topological polar surface area (TPSA) is 102 Å². The number of amides is 2. The Morgan fingerprint density at radius 1 is 1.03 bits per heavy atom. The highest BCUT2D eigenvalue weighted by atomic mass is 16.4. The highest BCUT2D eigenvalue weighted by Gasteiger charge is 2.30. The largest absolute Gasteiger partial charge is 0.478 e. The second-order valence-corrected chi connectivity index (χ2v) is 8.15. The fourth-order valence-electron chi connectivity index (χ4n) is 4.76. The van der Waals surface area contributed by atoms with Crippen molar-refractivity contribution in [2.24, 2.45) is 0 Å². The van der Waals surface area contributed by atoms with Crippen LogP contribution in [0.1, 0.15) is 68.9 Å². The van der Waals surface area contributed by atoms with Crippen LogP contribution in [0.15, 0.2) is 18.2 Å². The zero-order valence-corrected chi connectivity index (χ0v) is 16.6. The number of nitrogens with one attached hydrogen (secondary N) is 2. The van der Waals surface area contributed by atoms with Gasteiger partial charge in [-0.15, -0.1) is 0 Å². The standard InChI is InChI=1S/C23H23N3O4/c27-21-17(16-11-13(23(29)30)7-8-18(16)25-21)12-19-14-5-1-2-6-15(14)20(24-19)22(28)26-9-3-4-10-26/h7-8,11-12,24H,1-6,9-10H2,(H,25,27)(H,29,30)/b17-12-. The van der Waals surface area contributed by atoms with E-state index in [9.17, 15) is 19.5 Å². The van der Waals surface area contributed by atoms with Gasteiger partial charge in [-0.2, -0.15) is 0 Å². The molecule has 7 heteroatoms. The smallest absolute Gasteiger partial charge is 0.335 e. The number of carbonyl (C=O) groups is 3. The number of nitrogens with zero attached hydrogens (tertiary/aromatic N) is 1. The second-order valence-electron chi connectivity index (χ2n) is 8.15. The molecule has 0 spiro atoms. The Labute approximate surface area is 173 Å². The Hall–Kier alpha value is -3.35. The maximum absolute atomic E-state index is 13.1. The fourth-order valence-corrected chi connectivity index (χ4v) is 4.76. The van der Waals surface area contributed by atoms with E-state index >= 15 is 0 Å². The van der Waals surface area contributed by atoms with Crippen LogP contribution >= 0.6 is 0 Å². The normalized spacial score (nSPS) is 19.0. The Morgan fingerprint density at radius 3 is 2.50 bits per heavy atom. The zero-order chi connectivity index (χ0) is 20.8. The molecule has 1 aliphatic carbocycles. The van der Waals surface area contributed by atoms with E-state index in [1.165, 1.54) is 12.1 Å². The summed E-state index contributed by atoms with van der Waals surface area (Å²) in [7, 11) is 0. The third-order valence-electron chi connectivity index (χ3n) is 6.30. The summed E-state index contributed by atoms with van der Waals surface area (Å²) < 4.78 is 0. The fraction of sp³-hybridized carbons (Fsp3) is 0.348. The molecule has 3 heterocycles. The molecule has 0 atom stereocenters. The SMILES string of the molecule is O=C1Nc2ccc(C(=O)O)cc2/C1=C/c1[nH]c(C(=O)N2CCCC2)c2c1CCCC2. The number of aromatic nitrogens is 1.